The predicted molar refractivity (Wildman–Crippen MR) is 124 cm³/mol. The number of carbonyl (C=O) groups excluding carboxylic acids is 1. The third kappa shape index (κ3) is 5.82. The van der Waals surface area contributed by atoms with Gasteiger partial charge in [-0.1, -0.05) is 50.3 Å². The second-order valence-corrected chi connectivity index (χ2v) is 8.24. The first-order valence-corrected chi connectivity index (χ1v) is 11.9. The van der Waals surface area contributed by atoms with Gasteiger partial charge in [-0.3, -0.25) is 4.79 Å². The molecule has 5 heteroatoms. The summed E-state index contributed by atoms with van der Waals surface area (Å²) in [5, 5.41) is 0.617. The Kier molecular flexibility index (Phi) is 8.26. The number of aryl methyl sites for hydroxylation is 1. The van der Waals surface area contributed by atoms with Gasteiger partial charge in [-0.25, -0.2) is 4.98 Å². The van der Waals surface area contributed by atoms with Crippen molar-refractivity contribution in [2.24, 2.45) is 0 Å². The second-order valence-electron chi connectivity index (χ2n) is 7.25. The van der Waals surface area contributed by atoms with Crippen LogP contribution in [0.25, 0.3) is 10.2 Å². The lowest BCUT2D eigenvalue weighted by Crippen LogP contribution is -2.11. The Morgan fingerprint density at radius 2 is 1.87 bits per heavy atom. The van der Waals surface area contributed by atoms with Crippen molar-refractivity contribution in [3.63, 3.8) is 0 Å². The van der Waals surface area contributed by atoms with Gasteiger partial charge in [0.1, 0.15) is 5.78 Å². The van der Waals surface area contributed by atoms with Gasteiger partial charge in [0.25, 0.3) is 5.19 Å². The van der Waals surface area contributed by atoms with Gasteiger partial charge in [0.2, 0.25) is 0 Å². The van der Waals surface area contributed by atoms with Crippen molar-refractivity contribution in [2.45, 2.75) is 71.8 Å². The highest BCUT2D eigenvalue weighted by Crippen LogP contribution is 2.38. The van der Waals surface area contributed by atoms with Crippen LogP contribution in [0.3, 0.4) is 0 Å². The van der Waals surface area contributed by atoms with Crippen molar-refractivity contribution in [1.82, 2.24) is 4.98 Å². The van der Waals surface area contributed by atoms with Crippen LogP contribution in [0.1, 0.15) is 64.9 Å². The third-order valence-electron chi connectivity index (χ3n) is 5.16. The fourth-order valence-electron chi connectivity index (χ4n) is 3.52. The Morgan fingerprint density at radius 3 is 2.60 bits per heavy atom. The first kappa shape index (κ1) is 22.3. The minimum Gasteiger partial charge on any atom is -0.487 e. The lowest BCUT2D eigenvalue weighted by molar-refractivity contribution is -0.118. The zero-order chi connectivity index (χ0) is 21.3. The number of hydrogen-bond acceptors (Lipinski definition) is 5. The highest BCUT2D eigenvalue weighted by atomic mass is 32.1. The summed E-state index contributed by atoms with van der Waals surface area (Å²) in [5.41, 5.74) is 2.04. The molecule has 1 heterocycles. The third-order valence-corrected chi connectivity index (χ3v) is 6.08. The molecule has 0 aliphatic heterocycles. The molecule has 4 nitrogen and oxygen atoms in total. The average molecular weight is 426 g/mol. The number of ketones is 1. The zero-order valence-electron chi connectivity index (χ0n) is 18.1. The Morgan fingerprint density at radius 1 is 1.10 bits per heavy atom. The molecule has 30 heavy (non-hydrogen) atoms. The first-order chi connectivity index (χ1) is 14.7. The molecule has 0 unspecified atom stereocenters. The fourth-order valence-corrected chi connectivity index (χ4v) is 4.35. The number of hydrogen-bond donors (Lipinski definition) is 0. The SMILES string of the molecule is CC.CCC(=O)CCc1ccc(Oc2nc3ccccc3s2)c(OC2CCCC2)c1. The van der Waals surface area contributed by atoms with E-state index in [1.54, 1.807) is 0 Å². The van der Waals surface area contributed by atoms with Crippen molar-refractivity contribution in [2.75, 3.05) is 0 Å². The minimum atomic E-state index is 0.241. The number of fused-ring (bicyclic) bond motifs is 1. The highest BCUT2D eigenvalue weighted by Gasteiger charge is 2.20. The van der Waals surface area contributed by atoms with Gasteiger partial charge in [-0.2, -0.15) is 0 Å². The monoisotopic (exact) mass is 425 g/mol. The zero-order valence-corrected chi connectivity index (χ0v) is 19.0. The maximum absolute atomic E-state index is 11.7. The van der Waals surface area contributed by atoms with Gasteiger partial charge in [0.15, 0.2) is 11.5 Å². The summed E-state index contributed by atoms with van der Waals surface area (Å²) < 4.78 is 13.5. The van der Waals surface area contributed by atoms with E-state index >= 15 is 0 Å². The Hall–Kier alpha value is -2.40. The maximum Gasteiger partial charge on any atom is 0.279 e. The molecule has 3 aromatic rings. The quantitative estimate of drug-likeness (QED) is 0.378. The van der Waals surface area contributed by atoms with E-state index in [1.807, 2.05) is 63.2 Å². The molecule has 0 bridgehead atoms. The molecule has 1 fully saturated rings. The van der Waals surface area contributed by atoms with E-state index < -0.39 is 0 Å². The number of thiazole rings is 1. The molecule has 0 N–H and O–H groups in total. The predicted octanol–water partition coefficient (Wildman–Crippen LogP) is 7.35. The highest BCUT2D eigenvalue weighted by molar-refractivity contribution is 7.20. The van der Waals surface area contributed by atoms with Crippen molar-refractivity contribution >= 4 is 27.3 Å². The van der Waals surface area contributed by atoms with Crippen LogP contribution in [0, 0.1) is 0 Å². The van der Waals surface area contributed by atoms with Gasteiger partial charge < -0.3 is 9.47 Å². The van der Waals surface area contributed by atoms with Crippen LogP contribution in [0.4, 0.5) is 0 Å². The number of rotatable bonds is 8. The lowest BCUT2D eigenvalue weighted by atomic mass is 10.1. The van der Waals surface area contributed by atoms with Crippen molar-refractivity contribution in [3.8, 4) is 16.7 Å². The van der Waals surface area contributed by atoms with E-state index in [1.165, 1.54) is 24.2 Å². The van der Waals surface area contributed by atoms with Crippen LogP contribution in [0.5, 0.6) is 16.7 Å². The van der Waals surface area contributed by atoms with Crippen molar-refractivity contribution in [1.29, 1.82) is 0 Å². The fraction of sp³-hybridized carbons (Fsp3) is 0.440. The molecular formula is C25H31NO3S. The van der Waals surface area contributed by atoms with Crippen LogP contribution in [-0.2, 0) is 11.2 Å². The van der Waals surface area contributed by atoms with E-state index in [0.29, 0.717) is 23.8 Å². The molecule has 0 radical (unpaired) electrons. The summed E-state index contributed by atoms with van der Waals surface area (Å²) in [4.78, 5) is 16.2. The summed E-state index contributed by atoms with van der Waals surface area (Å²) in [6.07, 6.45) is 6.72. The molecule has 0 spiro atoms. The largest absolute Gasteiger partial charge is 0.487 e. The molecule has 0 amide bonds. The van der Waals surface area contributed by atoms with Crippen molar-refractivity contribution in [3.05, 3.63) is 48.0 Å². The van der Waals surface area contributed by atoms with Gasteiger partial charge in [-0.15, -0.1) is 0 Å². The van der Waals surface area contributed by atoms with Gasteiger partial charge in [0, 0.05) is 12.8 Å². The van der Waals surface area contributed by atoms with Crippen molar-refractivity contribution < 1.29 is 14.3 Å². The number of nitrogens with zero attached hydrogens (tertiary/aromatic N) is 1. The van der Waals surface area contributed by atoms with E-state index in [9.17, 15) is 4.79 Å². The standard InChI is InChI=1S/C23H25NO3S.C2H6/c1-2-17(25)13-11-16-12-14-20(21(15-16)26-18-7-3-4-8-18)27-23-24-19-9-5-6-10-22(19)28-23;1-2/h5-6,9-10,12,14-15,18H,2-4,7-8,11,13H2,1H3;1-2H3. The van der Waals surface area contributed by atoms with Crippen LogP contribution in [-0.4, -0.2) is 16.9 Å². The molecule has 1 aromatic heterocycles. The summed E-state index contributed by atoms with van der Waals surface area (Å²) in [5.74, 6) is 1.73. The number of para-hydroxylation sites is 1. The van der Waals surface area contributed by atoms with Gasteiger partial charge in [0.05, 0.1) is 16.3 Å². The average Bonchev–Trinajstić information content (AvgIpc) is 3.44. The van der Waals surface area contributed by atoms with Crippen LogP contribution >= 0.6 is 11.3 Å². The molecule has 1 aliphatic carbocycles. The van der Waals surface area contributed by atoms with E-state index in [2.05, 4.69) is 4.98 Å². The number of ether oxygens (including phenoxy) is 2. The maximum atomic E-state index is 11.7. The van der Waals surface area contributed by atoms with Gasteiger partial charge in [-0.05, 0) is 61.9 Å². The molecular weight excluding hydrogens is 394 g/mol. The molecule has 1 saturated carbocycles. The number of aromatic nitrogens is 1. The van der Waals surface area contributed by atoms with E-state index in [0.717, 1.165) is 40.8 Å². The first-order valence-electron chi connectivity index (χ1n) is 11.1. The van der Waals surface area contributed by atoms with E-state index in [4.69, 9.17) is 9.47 Å². The Labute approximate surface area is 183 Å². The van der Waals surface area contributed by atoms with E-state index in [-0.39, 0.29) is 11.9 Å². The minimum absolute atomic E-state index is 0.241. The number of carbonyl (C=O) groups is 1. The summed E-state index contributed by atoms with van der Waals surface area (Å²) in [7, 11) is 0. The van der Waals surface area contributed by atoms with Crippen LogP contribution in [0.15, 0.2) is 42.5 Å². The second kappa shape index (κ2) is 11.1. The van der Waals surface area contributed by atoms with Gasteiger partial charge >= 0.3 is 0 Å². The summed E-state index contributed by atoms with van der Waals surface area (Å²) in [6.45, 7) is 5.91. The van der Waals surface area contributed by atoms with Crippen LogP contribution in [0.2, 0.25) is 0 Å². The normalized spacial score (nSPS) is 13.7. The topological polar surface area (TPSA) is 48.4 Å². The Bertz CT molecular complexity index is 927. The number of Topliss-reactive ketones (excluding diaryl/α,β-unsaturated/α-hetero) is 1. The summed E-state index contributed by atoms with van der Waals surface area (Å²) in [6, 6.07) is 14.0. The molecule has 0 atom stereocenters. The smallest absolute Gasteiger partial charge is 0.279 e. The molecule has 0 saturated heterocycles. The molecule has 160 valence electrons. The lowest BCUT2D eigenvalue weighted by Gasteiger charge is -2.17. The summed E-state index contributed by atoms with van der Waals surface area (Å²) >= 11 is 1.53. The molecule has 4 rings (SSSR count). The number of benzene rings is 2. The molecule has 1 aliphatic rings. The Balaban J connectivity index is 0.00000124. The molecule has 2 aromatic carbocycles. The van der Waals surface area contributed by atoms with Crippen LogP contribution < -0.4 is 9.47 Å².